The molecule has 6 nitrogen and oxygen atoms in total. The minimum atomic E-state index is -0.158. The van der Waals surface area contributed by atoms with E-state index in [0.717, 1.165) is 45.7 Å². The maximum absolute atomic E-state index is 11.3. The number of nitrogens with one attached hydrogen (secondary N) is 3. The van der Waals surface area contributed by atoms with Crippen molar-refractivity contribution in [1.82, 2.24) is 20.2 Å². The molecule has 2 heterocycles. The highest BCUT2D eigenvalue weighted by Crippen LogP contribution is 1.95. The summed E-state index contributed by atoms with van der Waals surface area (Å²) in [6.45, 7) is 6.23. The Morgan fingerprint density at radius 3 is 3.00 bits per heavy atom. The van der Waals surface area contributed by atoms with Gasteiger partial charge >= 0.3 is 0 Å². The molecular formula is C11H19N5O. The van der Waals surface area contributed by atoms with Gasteiger partial charge in [0.15, 0.2) is 5.82 Å². The molecule has 6 heteroatoms. The molecule has 0 spiro atoms. The zero-order valence-corrected chi connectivity index (χ0v) is 9.91. The smallest absolute Gasteiger partial charge is 0.290 e. The van der Waals surface area contributed by atoms with Gasteiger partial charge in [-0.2, -0.15) is 0 Å². The summed E-state index contributed by atoms with van der Waals surface area (Å²) < 4.78 is 0. The monoisotopic (exact) mass is 237 g/mol. The third-order valence-electron chi connectivity index (χ3n) is 2.86. The Hall–Kier alpha value is -1.40. The molecule has 0 unspecified atom stereocenters. The van der Waals surface area contributed by atoms with Crippen LogP contribution in [0.1, 0.15) is 6.42 Å². The van der Waals surface area contributed by atoms with Gasteiger partial charge in [0.1, 0.15) is 0 Å². The van der Waals surface area contributed by atoms with Crippen LogP contribution in [-0.2, 0) is 0 Å². The fourth-order valence-corrected chi connectivity index (χ4v) is 1.92. The number of H-pyrrole nitrogens is 1. The molecule has 0 saturated carbocycles. The molecule has 2 rings (SSSR count). The third kappa shape index (κ3) is 3.83. The van der Waals surface area contributed by atoms with Crippen LogP contribution in [0, 0.1) is 0 Å². The lowest BCUT2D eigenvalue weighted by atomic mass is 10.3. The van der Waals surface area contributed by atoms with E-state index in [-0.39, 0.29) is 5.56 Å². The van der Waals surface area contributed by atoms with Gasteiger partial charge in [0.05, 0.1) is 0 Å². The quantitative estimate of drug-likeness (QED) is 0.601. The second kappa shape index (κ2) is 6.36. The predicted octanol–water partition coefficient (Wildman–Crippen LogP) is -0.523. The lowest BCUT2D eigenvalue weighted by molar-refractivity contribution is 0.240. The van der Waals surface area contributed by atoms with Gasteiger partial charge in [-0.3, -0.25) is 4.79 Å². The van der Waals surface area contributed by atoms with E-state index >= 15 is 0 Å². The van der Waals surface area contributed by atoms with E-state index in [1.54, 1.807) is 6.20 Å². The Labute approximate surface area is 100 Å². The highest BCUT2D eigenvalue weighted by Gasteiger charge is 2.08. The Morgan fingerprint density at radius 2 is 2.24 bits per heavy atom. The largest absolute Gasteiger partial charge is 0.365 e. The van der Waals surface area contributed by atoms with Crippen molar-refractivity contribution >= 4 is 5.82 Å². The van der Waals surface area contributed by atoms with Crippen LogP contribution in [0.15, 0.2) is 17.2 Å². The molecule has 1 aliphatic rings. The van der Waals surface area contributed by atoms with Crippen LogP contribution >= 0.6 is 0 Å². The fourth-order valence-electron chi connectivity index (χ4n) is 1.92. The summed E-state index contributed by atoms with van der Waals surface area (Å²) in [5.74, 6) is 0.410. The predicted molar refractivity (Wildman–Crippen MR) is 67.3 cm³/mol. The summed E-state index contributed by atoms with van der Waals surface area (Å²) in [6, 6.07) is 0. The van der Waals surface area contributed by atoms with E-state index in [1.807, 2.05) is 0 Å². The first-order valence-corrected chi connectivity index (χ1v) is 6.07. The minimum Gasteiger partial charge on any atom is -0.365 e. The van der Waals surface area contributed by atoms with E-state index < -0.39 is 0 Å². The molecule has 0 atom stereocenters. The van der Waals surface area contributed by atoms with Gasteiger partial charge < -0.3 is 20.5 Å². The first-order chi connectivity index (χ1) is 8.36. The Bertz CT molecular complexity index is 385. The molecule has 1 aromatic rings. The standard InChI is InChI=1S/C11H19N5O/c17-11-10(14-3-4-15-11)13-2-1-7-16-8-5-12-6-9-16/h3-4,12H,1-2,5-9H2,(H,13,14)(H,15,17). The second-order valence-electron chi connectivity index (χ2n) is 4.14. The topological polar surface area (TPSA) is 73.0 Å². The van der Waals surface area contributed by atoms with Crippen LogP contribution in [0.2, 0.25) is 0 Å². The molecule has 1 saturated heterocycles. The van der Waals surface area contributed by atoms with Crippen LogP contribution in [0.4, 0.5) is 5.82 Å². The molecule has 94 valence electrons. The fraction of sp³-hybridized carbons (Fsp3) is 0.636. The molecule has 1 fully saturated rings. The Kier molecular flexibility index (Phi) is 4.52. The Balaban J connectivity index is 1.66. The normalized spacial score (nSPS) is 16.9. The number of piperazine rings is 1. The van der Waals surface area contributed by atoms with Gasteiger partial charge in [0.25, 0.3) is 5.56 Å². The van der Waals surface area contributed by atoms with Crippen LogP contribution in [0.3, 0.4) is 0 Å². The van der Waals surface area contributed by atoms with Crippen molar-refractivity contribution in [3.8, 4) is 0 Å². The average molecular weight is 237 g/mol. The van der Waals surface area contributed by atoms with Gasteiger partial charge in [0, 0.05) is 45.1 Å². The van der Waals surface area contributed by atoms with Gasteiger partial charge in [-0.1, -0.05) is 0 Å². The summed E-state index contributed by atoms with van der Waals surface area (Å²) in [6.07, 6.45) is 4.14. The second-order valence-corrected chi connectivity index (χ2v) is 4.14. The van der Waals surface area contributed by atoms with Gasteiger partial charge in [-0.15, -0.1) is 0 Å². The highest BCUT2D eigenvalue weighted by atomic mass is 16.1. The summed E-state index contributed by atoms with van der Waals surface area (Å²) in [5, 5.41) is 6.38. The molecule has 3 N–H and O–H groups in total. The van der Waals surface area contributed by atoms with Crippen molar-refractivity contribution in [3.63, 3.8) is 0 Å². The molecule has 0 aliphatic carbocycles. The highest BCUT2D eigenvalue weighted by molar-refractivity contribution is 5.29. The maximum atomic E-state index is 11.3. The summed E-state index contributed by atoms with van der Waals surface area (Å²) in [7, 11) is 0. The van der Waals surface area contributed by atoms with E-state index in [4.69, 9.17) is 0 Å². The van der Waals surface area contributed by atoms with Crippen molar-refractivity contribution < 1.29 is 0 Å². The molecule has 1 aliphatic heterocycles. The first-order valence-electron chi connectivity index (χ1n) is 6.07. The van der Waals surface area contributed by atoms with Crippen LogP contribution < -0.4 is 16.2 Å². The van der Waals surface area contributed by atoms with E-state index in [0.29, 0.717) is 5.82 Å². The summed E-state index contributed by atoms with van der Waals surface area (Å²) in [5.41, 5.74) is -0.158. The van der Waals surface area contributed by atoms with Crippen molar-refractivity contribution in [2.45, 2.75) is 6.42 Å². The number of hydrogen-bond acceptors (Lipinski definition) is 5. The third-order valence-corrected chi connectivity index (χ3v) is 2.86. The number of rotatable bonds is 5. The molecule has 0 bridgehead atoms. The average Bonchev–Trinajstić information content (AvgIpc) is 2.38. The number of aromatic nitrogens is 2. The number of nitrogens with zero attached hydrogens (tertiary/aromatic N) is 2. The van der Waals surface area contributed by atoms with Crippen molar-refractivity contribution in [1.29, 1.82) is 0 Å². The van der Waals surface area contributed by atoms with Crippen LogP contribution in [0.5, 0.6) is 0 Å². The zero-order valence-electron chi connectivity index (χ0n) is 9.91. The molecule has 1 aromatic heterocycles. The van der Waals surface area contributed by atoms with Gasteiger partial charge in [-0.25, -0.2) is 4.98 Å². The number of hydrogen-bond donors (Lipinski definition) is 3. The van der Waals surface area contributed by atoms with Crippen LogP contribution in [0.25, 0.3) is 0 Å². The lowest BCUT2D eigenvalue weighted by Gasteiger charge is -2.27. The van der Waals surface area contributed by atoms with Gasteiger partial charge in [-0.05, 0) is 13.0 Å². The van der Waals surface area contributed by atoms with Crippen molar-refractivity contribution in [3.05, 3.63) is 22.7 Å². The van der Waals surface area contributed by atoms with Crippen LogP contribution in [-0.4, -0.2) is 54.1 Å². The molecule has 0 amide bonds. The maximum Gasteiger partial charge on any atom is 0.290 e. The summed E-state index contributed by atoms with van der Waals surface area (Å²) in [4.78, 5) is 20.3. The van der Waals surface area contributed by atoms with Gasteiger partial charge in [0.2, 0.25) is 0 Å². The van der Waals surface area contributed by atoms with Crippen molar-refractivity contribution in [2.24, 2.45) is 0 Å². The molecule has 17 heavy (non-hydrogen) atoms. The summed E-state index contributed by atoms with van der Waals surface area (Å²) >= 11 is 0. The number of anilines is 1. The zero-order chi connectivity index (χ0) is 11.9. The Morgan fingerprint density at radius 1 is 1.41 bits per heavy atom. The van der Waals surface area contributed by atoms with E-state index in [2.05, 4.69) is 25.5 Å². The molecule has 0 aromatic carbocycles. The lowest BCUT2D eigenvalue weighted by Crippen LogP contribution is -2.44. The number of aromatic amines is 1. The molecule has 0 radical (unpaired) electrons. The SMILES string of the molecule is O=c1[nH]ccnc1NCCCN1CCNCC1. The van der Waals surface area contributed by atoms with Crippen molar-refractivity contribution in [2.75, 3.05) is 44.6 Å². The molecular weight excluding hydrogens is 218 g/mol. The minimum absolute atomic E-state index is 0.158. The van der Waals surface area contributed by atoms with E-state index in [9.17, 15) is 4.79 Å². The van der Waals surface area contributed by atoms with E-state index in [1.165, 1.54) is 6.20 Å². The first kappa shape index (κ1) is 12.1.